The molecule has 0 saturated heterocycles. The molecule has 0 saturated carbocycles. The molecule has 0 unspecified atom stereocenters. The summed E-state index contributed by atoms with van der Waals surface area (Å²) in [6, 6.07) is 15.3. The number of benzene rings is 2. The molecule has 6 nitrogen and oxygen atoms in total. The largest absolute Gasteiger partial charge is 0.321 e. The van der Waals surface area contributed by atoms with E-state index in [-0.39, 0.29) is 16.4 Å². The minimum atomic E-state index is -0.564. The quantitative estimate of drug-likeness (QED) is 0.336. The van der Waals surface area contributed by atoms with Crippen LogP contribution < -0.4 is 10.2 Å². The number of amides is 2. The normalized spacial score (nSPS) is 11.0. The second-order valence-electron chi connectivity index (χ2n) is 7.29. The molecular weight excluding hydrogens is 439 g/mol. The van der Waals surface area contributed by atoms with Crippen molar-refractivity contribution < 1.29 is 14.0 Å². The van der Waals surface area contributed by atoms with Crippen LogP contribution in [0.4, 0.5) is 20.9 Å². The Kier molecular flexibility index (Phi) is 8.06. The fourth-order valence-electron chi connectivity index (χ4n) is 3.12. The summed E-state index contributed by atoms with van der Waals surface area (Å²) < 4.78 is 14.2. The molecule has 0 bridgehead atoms. The van der Waals surface area contributed by atoms with Crippen LogP contribution in [0.15, 0.2) is 59.5 Å². The van der Waals surface area contributed by atoms with Crippen LogP contribution in [0.1, 0.15) is 37.9 Å². The number of rotatable bonds is 8. The van der Waals surface area contributed by atoms with Gasteiger partial charge in [-0.2, -0.15) is 5.26 Å². The van der Waals surface area contributed by atoms with Crippen molar-refractivity contribution in [2.24, 2.45) is 0 Å². The second-order valence-corrected chi connectivity index (χ2v) is 8.12. The molecule has 33 heavy (non-hydrogen) atoms. The van der Waals surface area contributed by atoms with Crippen LogP contribution in [-0.2, 0) is 16.0 Å². The van der Waals surface area contributed by atoms with Crippen LogP contribution in [0.2, 0.25) is 0 Å². The third-order valence-electron chi connectivity index (χ3n) is 4.80. The summed E-state index contributed by atoms with van der Waals surface area (Å²) in [5, 5.41) is 14.0. The van der Waals surface area contributed by atoms with Crippen molar-refractivity contribution in [2.75, 3.05) is 10.2 Å². The van der Waals surface area contributed by atoms with Gasteiger partial charge in [0, 0.05) is 18.0 Å². The van der Waals surface area contributed by atoms with Gasteiger partial charge in [0.2, 0.25) is 5.91 Å². The van der Waals surface area contributed by atoms with Crippen LogP contribution in [0.25, 0.3) is 6.08 Å². The molecular formula is C25H23FN4O2S. The van der Waals surface area contributed by atoms with Gasteiger partial charge in [-0.05, 0) is 48.7 Å². The van der Waals surface area contributed by atoms with Gasteiger partial charge in [0.1, 0.15) is 17.5 Å². The molecule has 1 N–H and O–H groups in total. The van der Waals surface area contributed by atoms with Crippen molar-refractivity contribution >= 4 is 45.7 Å². The van der Waals surface area contributed by atoms with Gasteiger partial charge in [-0.15, -0.1) is 11.3 Å². The monoisotopic (exact) mass is 462 g/mol. The number of carbonyl (C=O) groups excluding carboxylic acids is 2. The van der Waals surface area contributed by atoms with Gasteiger partial charge in [-0.25, -0.2) is 9.37 Å². The van der Waals surface area contributed by atoms with Crippen LogP contribution in [0, 0.1) is 17.1 Å². The Bertz CT molecular complexity index is 1210. The SMILES string of the molecule is CCCCc1ccc(NC(=O)/C(C#N)=C/c2csc(N(C(C)=O)c3ccccc3F)n2)cc1. The summed E-state index contributed by atoms with van der Waals surface area (Å²) in [5.41, 5.74) is 2.03. The predicted molar refractivity (Wildman–Crippen MR) is 129 cm³/mol. The zero-order valence-corrected chi connectivity index (χ0v) is 19.2. The van der Waals surface area contributed by atoms with Gasteiger partial charge in [0.25, 0.3) is 5.91 Å². The van der Waals surface area contributed by atoms with Crippen molar-refractivity contribution in [1.82, 2.24) is 4.98 Å². The first-order valence-electron chi connectivity index (χ1n) is 10.5. The number of halogens is 1. The van der Waals surface area contributed by atoms with E-state index >= 15 is 0 Å². The minimum absolute atomic E-state index is 0.0792. The van der Waals surface area contributed by atoms with E-state index in [0.717, 1.165) is 35.5 Å². The lowest BCUT2D eigenvalue weighted by Crippen LogP contribution is -2.23. The zero-order chi connectivity index (χ0) is 23.8. The number of hydrogen-bond acceptors (Lipinski definition) is 5. The van der Waals surface area contributed by atoms with E-state index in [0.29, 0.717) is 11.4 Å². The number of nitrogens with zero attached hydrogens (tertiary/aromatic N) is 3. The van der Waals surface area contributed by atoms with Crippen LogP contribution in [0.3, 0.4) is 0 Å². The van der Waals surface area contributed by atoms with E-state index in [1.54, 1.807) is 23.6 Å². The Labute approximate surface area is 196 Å². The number of aromatic nitrogens is 1. The van der Waals surface area contributed by atoms with Gasteiger partial charge in [-0.3, -0.25) is 14.5 Å². The molecule has 1 aromatic heterocycles. The average molecular weight is 463 g/mol. The Morgan fingerprint density at radius 3 is 2.58 bits per heavy atom. The third-order valence-corrected chi connectivity index (χ3v) is 5.64. The first-order valence-corrected chi connectivity index (χ1v) is 11.3. The summed E-state index contributed by atoms with van der Waals surface area (Å²) in [5.74, 6) is -1.53. The van der Waals surface area contributed by atoms with E-state index in [1.807, 2.05) is 18.2 Å². The van der Waals surface area contributed by atoms with Crippen molar-refractivity contribution in [3.05, 3.63) is 76.6 Å². The molecule has 8 heteroatoms. The molecule has 3 rings (SSSR count). The summed E-state index contributed by atoms with van der Waals surface area (Å²) in [4.78, 5) is 30.2. The van der Waals surface area contributed by atoms with Crippen LogP contribution >= 0.6 is 11.3 Å². The van der Waals surface area contributed by atoms with E-state index in [4.69, 9.17) is 0 Å². The van der Waals surface area contributed by atoms with Crippen molar-refractivity contribution in [3.63, 3.8) is 0 Å². The smallest absolute Gasteiger partial charge is 0.266 e. The number of thiazole rings is 1. The average Bonchev–Trinajstić information content (AvgIpc) is 3.26. The van der Waals surface area contributed by atoms with Crippen LogP contribution in [0.5, 0.6) is 0 Å². The van der Waals surface area contributed by atoms with Gasteiger partial charge < -0.3 is 5.32 Å². The minimum Gasteiger partial charge on any atom is -0.321 e. The standard InChI is InChI=1S/C25H23FN4O2S/c1-3-4-7-18-10-12-20(13-11-18)28-24(32)19(15-27)14-21-16-33-25(29-21)30(17(2)31)23-9-6-5-8-22(23)26/h5-6,8-14,16H,3-4,7H2,1-2H3,(H,28,32)/b19-14+. The fourth-order valence-corrected chi connectivity index (χ4v) is 3.95. The maximum atomic E-state index is 14.2. The number of para-hydroxylation sites is 1. The topological polar surface area (TPSA) is 86.1 Å². The summed E-state index contributed by atoms with van der Waals surface area (Å²) >= 11 is 1.11. The molecule has 0 fully saturated rings. The number of nitriles is 1. The molecule has 2 amide bonds. The highest BCUT2D eigenvalue weighted by Gasteiger charge is 2.21. The van der Waals surface area contributed by atoms with E-state index in [2.05, 4.69) is 17.2 Å². The molecule has 0 radical (unpaired) electrons. The van der Waals surface area contributed by atoms with Crippen molar-refractivity contribution in [3.8, 4) is 6.07 Å². The highest BCUT2D eigenvalue weighted by Crippen LogP contribution is 2.31. The molecule has 0 aliphatic carbocycles. The maximum absolute atomic E-state index is 14.2. The van der Waals surface area contributed by atoms with E-state index in [1.165, 1.54) is 36.8 Å². The number of unbranched alkanes of at least 4 members (excludes halogenated alkanes) is 1. The number of nitrogens with one attached hydrogen (secondary N) is 1. The van der Waals surface area contributed by atoms with E-state index in [9.17, 15) is 19.2 Å². The molecule has 0 aliphatic rings. The lowest BCUT2D eigenvalue weighted by molar-refractivity contribution is -0.116. The predicted octanol–water partition coefficient (Wildman–Crippen LogP) is 5.86. The van der Waals surface area contributed by atoms with Gasteiger partial charge in [0.05, 0.1) is 11.4 Å². The number of hydrogen-bond donors (Lipinski definition) is 1. The number of aryl methyl sites for hydroxylation is 1. The van der Waals surface area contributed by atoms with Crippen LogP contribution in [-0.4, -0.2) is 16.8 Å². The van der Waals surface area contributed by atoms with E-state index < -0.39 is 17.6 Å². The van der Waals surface area contributed by atoms with Gasteiger partial charge >= 0.3 is 0 Å². The highest BCUT2D eigenvalue weighted by molar-refractivity contribution is 7.14. The summed E-state index contributed by atoms with van der Waals surface area (Å²) in [6.45, 7) is 3.44. The van der Waals surface area contributed by atoms with Gasteiger partial charge in [0.15, 0.2) is 5.13 Å². The summed E-state index contributed by atoms with van der Waals surface area (Å²) in [7, 11) is 0. The first-order chi connectivity index (χ1) is 15.9. The highest BCUT2D eigenvalue weighted by atomic mass is 32.1. The molecule has 3 aromatic rings. The number of carbonyl (C=O) groups is 2. The summed E-state index contributed by atoms with van der Waals surface area (Å²) in [6.07, 6.45) is 4.52. The molecule has 0 atom stereocenters. The van der Waals surface area contributed by atoms with Crippen molar-refractivity contribution in [1.29, 1.82) is 5.26 Å². The second kappa shape index (κ2) is 11.2. The Hall–Kier alpha value is -3.83. The first kappa shape index (κ1) is 23.8. The molecule has 2 aromatic carbocycles. The lowest BCUT2D eigenvalue weighted by atomic mass is 10.1. The molecule has 0 spiro atoms. The Balaban J connectivity index is 1.78. The zero-order valence-electron chi connectivity index (χ0n) is 18.3. The van der Waals surface area contributed by atoms with Crippen molar-refractivity contribution in [2.45, 2.75) is 33.1 Å². The fraction of sp³-hybridized carbons (Fsp3) is 0.200. The number of anilines is 3. The third kappa shape index (κ3) is 6.11. The Morgan fingerprint density at radius 1 is 1.21 bits per heavy atom. The molecule has 168 valence electrons. The van der Waals surface area contributed by atoms with Gasteiger partial charge in [-0.1, -0.05) is 37.6 Å². The maximum Gasteiger partial charge on any atom is 0.266 e. The molecule has 0 aliphatic heterocycles. The Morgan fingerprint density at radius 2 is 1.94 bits per heavy atom. The molecule has 1 heterocycles. The lowest BCUT2D eigenvalue weighted by Gasteiger charge is -2.18.